The number of pyridine rings is 1. The molecule has 3 aromatic rings. The van der Waals surface area contributed by atoms with Crippen LogP contribution in [0.2, 0.25) is 0 Å². The number of carbonyl (C=O) groups excluding carboxylic acids is 1. The fraction of sp³-hybridized carbons (Fsp3) is 0.393. The molecule has 1 atom stereocenters. The zero-order valence-electron chi connectivity index (χ0n) is 21.0. The molecule has 0 spiro atoms. The highest BCUT2D eigenvalue weighted by atomic mass is 19.4. The fourth-order valence-electron chi connectivity index (χ4n) is 5.62. The van der Waals surface area contributed by atoms with E-state index in [9.17, 15) is 18.0 Å². The summed E-state index contributed by atoms with van der Waals surface area (Å²) < 4.78 is 43.3. The van der Waals surface area contributed by atoms with Crippen molar-refractivity contribution < 1.29 is 18.0 Å². The summed E-state index contributed by atoms with van der Waals surface area (Å²) >= 11 is 0. The van der Waals surface area contributed by atoms with Gasteiger partial charge in [0.25, 0.3) is 0 Å². The number of imidazole rings is 1. The second-order valence-corrected chi connectivity index (χ2v) is 11.0. The highest BCUT2D eigenvalue weighted by Gasteiger charge is 2.49. The van der Waals surface area contributed by atoms with Gasteiger partial charge in [0, 0.05) is 41.1 Å². The number of nitrogens with one attached hydrogen (secondary N) is 1. The van der Waals surface area contributed by atoms with Crippen molar-refractivity contribution in [2.24, 2.45) is 5.41 Å². The summed E-state index contributed by atoms with van der Waals surface area (Å²) in [6, 6.07) is 8.99. The van der Waals surface area contributed by atoms with E-state index >= 15 is 0 Å². The molecule has 1 aromatic carbocycles. The summed E-state index contributed by atoms with van der Waals surface area (Å²) in [7, 11) is 0. The Kier molecular flexibility index (Phi) is 5.43. The molecule has 2 aromatic heterocycles. The number of allylic oxidation sites excluding steroid dienone is 2. The Balaban J connectivity index is 1.77. The van der Waals surface area contributed by atoms with E-state index in [1.165, 1.54) is 0 Å². The number of carbonyl (C=O) groups is 1. The van der Waals surface area contributed by atoms with E-state index in [4.69, 9.17) is 0 Å². The first kappa shape index (κ1) is 24.3. The quantitative estimate of drug-likeness (QED) is 0.429. The minimum Gasteiger partial charge on any atom is -0.343 e. The Bertz CT molecular complexity index is 1400. The molecule has 0 saturated heterocycles. The Labute approximate surface area is 208 Å². The second-order valence-electron chi connectivity index (χ2n) is 11.0. The van der Waals surface area contributed by atoms with E-state index in [1.54, 1.807) is 12.5 Å². The van der Waals surface area contributed by atoms with Crippen LogP contribution in [0.25, 0.3) is 11.3 Å². The van der Waals surface area contributed by atoms with Gasteiger partial charge in [0.05, 0.1) is 29.2 Å². The van der Waals surface area contributed by atoms with Gasteiger partial charge in [-0.15, -0.1) is 0 Å². The van der Waals surface area contributed by atoms with Crippen LogP contribution in [0.4, 0.5) is 19.0 Å². The van der Waals surface area contributed by atoms with Crippen LogP contribution in [-0.4, -0.2) is 20.3 Å². The van der Waals surface area contributed by atoms with E-state index in [0.29, 0.717) is 29.8 Å². The van der Waals surface area contributed by atoms with Crippen molar-refractivity contribution in [3.63, 3.8) is 0 Å². The third-order valence-electron chi connectivity index (χ3n) is 7.36. The number of ketones is 1. The molecular formula is C28H29F3N4O. The maximum Gasteiger partial charge on any atom is 0.417 e. The van der Waals surface area contributed by atoms with Crippen molar-refractivity contribution in [2.75, 3.05) is 5.32 Å². The number of hydrogen-bond acceptors (Lipinski definition) is 4. The SMILES string of the molecule is CC(C)n1cncc1-c1cccc([C@@]2(C)C3=C(CC(C)(C)CC3=O)Nc3ncc(C(F)(F)F)cc32)c1. The van der Waals surface area contributed by atoms with Gasteiger partial charge in [0.15, 0.2) is 5.78 Å². The van der Waals surface area contributed by atoms with Gasteiger partial charge in [0.1, 0.15) is 5.82 Å². The van der Waals surface area contributed by atoms with Gasteiger partial charge in [-0.05, 0) is 50.3 Å². The zero-order chi connectivity index (χ0) is 26.0. The number of nitrogens with zero attached hydrogens (tertiary/aromatic N) is 3. The Hall–Kier alpha value is -3.42. The van der Waals surface area contributed by atoms with Crippen molar-refractivity contribution in [3.05, 3.63) is 77.0 Å². The molecule has 0 saturated carbocycles. The van der Waals surface area contributed by atoms with E-state index in [1.807, 2.05) is 49.6 Å². The lowest BCUT2D eigenvalue weighted by Crippen LogP contribution is -2.42. The van der Waals surface area contributed by atoms with Crippen LogP contribution >= 0.6 is 0 Å². The first-order valence-corrected chi connectivity index (χ1v) is 12.1. The molecule has 0 fully saturated rings. The molecule has 0 unspecified atom stereocenters. The molecule has 36 heavy (non-hydrogen) atoms. The minimum absolute atomic E-state index is 0.0584. The predicted octanol–water partition coefficient (Wildman–Crippen LogP) is 6.92. The van der Waals surface area contributed by atoms with Crippen molar-refractivity contribution in [1.82, 2.24) is 14.5 Å². The molecule has 5 nitrogen and oxygen atoms in total. The lowest BCUT2D eigenvalue weighted by molar-refractivity contribution is -0.137. The topological polar surface area (TPSA) is 59.8 Å². The van der Waals surface area contributed by atoms with Gasteiger partial charge in [-0.25, -0.2) is 9.97 Å². The van der Waals surface area contributed by atoms with Crippen LogP contribution in [0.3, 0.4) is 0 Å². The molecule has 0 radical (unpaired) electrons. The molecule has 3 heterocycles. The number of fused-ring (bicyclic) bond motifs is 1. The number of halogens is 3. The van der Waals surface area contributed by atoms with Gasteiger partial charge in [0.2, 0.25) is 0 Å². The van der Waals surface area contributed by atoms with E-state index < -0.39 is 17.2 Å². The van der Waals surface area contributed by atoms with Crippen molar-refractivity contribution in [3.8, 4) is 11.3 Å². The first-order valence-electron chi connectivity index (χ1n) is 12.1. The number of aromatic nitrogens is 3. The van der Waals surface area contributed by atoms with Gasteiger partial charge in [-0.3, -0.25) is 4.79 Å². The van der Waals surface area contributed by atoms with Gasteiger partial charge in [-0.1, -0.05) is 32.0 Å². The molecule has 8 heteroatoms. The maximum absolute atomic E-state index is 13.7. The van der Waals surface area contributed by atoms with Crippen LogP contribution in [0.1, 0.15) is 70.2 Å². The third kappa shape index (κ3) is 3.83. The molecule has 1 aliphatic heterocycles. The highest BCUT2D eigenvalue weighted by Crippen LogP contribution is 2.53. The number of rotatable bonds is 3. The first-order chi connectivity index (χ1) is 16.8. The number of alkyl halides is 3. The Morgan fingerprint density at radius 2 is 1.83 bits per heavy atom. The van der Waals surface area contributed by atoms with E-state index in [2.05, 4.69) is 29.1 Å². The zero-order valence-corrected chi connectivity index (χ0v) is 21.0. The summed E-state index contributed by atoms with van der Waals surface area (Å²) in [5, 5.41) is 3.22. The molecule has 5 rings (SSSR count). The van der Waals surface area contributed by atoms with Crippen LogP contribution in [-0.2, 0) is 16.4 Å². The predicted molar refractivity (Wildman–Crippen MR) is 132 cm³/mol. The monoisotopic (exact) mass is 494 g/mol. The van der Waals surface area contributed by atoms with Gasteiger partial charge >= 0.3 is 6.18 Å². The van der Waals surface area contributed by atoms with Crippen LogP contribution in [0, 0.1) is 5.41 Å². The molecule has 2 aliphatic rings. The molecule has 188 valence electrons. The summed E-state index contributed by atoms with van der Waals surface area (Å²) in [5.74, 6) is 0.296. The Morgan fingerprint density at radius 3 is 2.53 bits per heavy atom. The van der Waals surface area contributed by atoms with Crippen LogP contribution in [0.5, 0.6) is 0 Å². The van der Waals surface area contributed by atoms with Gasteiger partial charge in [-0.2, -0.15) is 13.2 Å². The molecule has 0 bridgehead atoms. The number of benzene rings is 1. The van der Waals surface area contributed by atoms with Crippen molar-refractivity contribution in [1.29, 1.82) is 0 Å². The fourth-order valence-corrected chi connectivity index (χ4v) is 5.62. The van der Waals surface area contributed by atoms with Crippen LogP contribution in [0.15, 0.2) is 60.3 Å². The number of anilines is 1. The third-order valence-corrected chi connectivity index (χ3v) is 7.36. The molecule has 0 amide bonds. The minimum atomic E-state index is -4.55. The summed E-state index contributed by atoms with van der Waals surface area (Å²) in [6.07, 6.45) is 0.768. The van der Waals surface area contributed by atoms with E-state index in [-0.39, 0.29) is 17.2 Å². The van der Waals surface area contributed by atoms with Crippen LogP contribution < -0.4 is 5.32 Å². The average molecular weight is 495 g/mol. The molecule has 1 N–H and O–H groups in total. The standard InChI is InChI=1S/C28H29F3N4O/c1-16(2)35-15-32-14-22(35)17-7-6-8-18(9-17)27(5)20-10-19(28(29,30)31)13-33-25(20)34-21-11-26(3,4)12-23(36)24(21)27/h6-10,13-16H,11-12H2,1-5H3,(H,33,34)/t27-/m1/s1. The average Bonchev–Trinajstić information content (AvgIpc) is 3.27. The normalized spacial score (nSPS) is 21.3. The lowest BCUT2D eigenvalue weighted by Gasteiger charge is -2.44. The summed E-state index contributed by atoms with van der Waals surface area (Å²) in [6.45, 7) is 10.0. The van der Waals surface area contributed by atoms with Gasteiger partial charge < -0.3 is 9.88 Å². The number of Topliss-reactive ketones (excluding diaryl/α,β-unsaturated/α-hetero) is 1. The smallest absolute Gasteiger partial charge is 0.343 e. The molecule has 1 aliphatic carbocycles. The highest BCUT2D eigenvalue weighted by molar-refractivity contribution is 6.02. The van der Waals surface area contributed by atoms with Crippen molar-refractivity contribution in [2.45, 2.75) is 65.1 Å². The maximum atomic E-state index is 13.7. The van der Waals surface area contributed by atoms with E-state index in [0.717, 1.165) is 34.8 Å². The summed E-state index contributed by atoms with van der Waals surface area (Å²) in [4.78, 5) is 22.1. The molecular weight excluding hydrogens is 465 g/mol. The largest absolute Gasteiger partial charge is 0.417 e. The van der Waals surface area contributed by atoms with Crippen molar-refractivity contribution >= 4 is 11.6 Å². The number of hydrogen-bond donors (Lipinski definition) is 1. The second kappa shape index (κ2) is 8.05. The lowest BCUT2D eigenvalue weighted by atomic mass is 9.61. The Morgan fingerprint density at radius 1 is 1.08 bits per heavy atom. The summed E-state index contributed by atoms with van der Waals surface area (Å²) in [5.41, 5.74) is 1.90.